The van der Waals surface area contributed by atoms with Crippen LogP contribution in [0, 0.1) is 6.92 Å². The summed E-state index contributed by atoms with van der Waals surface area (Å²) in [4.78, 5) is 11.3. The van der Waals surface area contributed by atoms with Gasteiger partial charge in [0.05, 0.1) is 18.9 Å². The molecule has 1 amide bonds. The number of rotatable bonds is 4. The van der Waals surface area contributed by atoms with Crippen molar-refractivity contribution in [3.8, 4) is 5.75 Å². The number of carbonyl (C=O) groups excluding carboxylic acids is 1. The van der Waals surface area contributed by atoms with Gasteiger partial charge in [-0.1, -0.05) is 6.07 Å². The van der Waals surface area contributed by atoms with Gasteiger partial charge < -0.3 is 9.47 Å². The number of hydrogen-bond acceptors (Lipinski definition) is 3. The molecule has 1 rings (SSSR count). The zero-order chi connectivity index (χ0) is 12.0. The molecule has 88 valence electrons. The van der Waals surface area contributed by atoms with E-state index in [4.69, 9.17) is 9.47 Å². The first-order valence-electron chi connectivity index (χ1n) is 5.34. The Labute approximate surface area is 95.6 Å². The van der Waals surface area contributed by atoms with E-state index in [9.17, 15) is 4.79 Å². The van der Waals surface area contributed by atoms with Crippen LogP contribution in [0.2, 0.25) is 0 Å². The second-order valence-electron chi connectivity index (χ2n) is 3.28. The lowest BCUT2D eigenvalue weighted by Gasteiger charge is -2.11. The highest BCUT2D eigenvalue weighted by Crippen LogP contribution is 2.25. The number of nitrogens with one attached hydrogen (secondary N) is 1. The zero-order valence-electron chi connectivity index (χ0n) is 9.87. The van der Waals surface area contributed by atoms with E-state index < -0.39 is 6.09 Å². The number of aryl methyl sites for hydroxylation is 1. The van der Waals surface area contributed by atoms with Crippen LogP contribution in [0.5, 0.6) is 5.75 Å². The molecule has 0 fully saturated rings. The van der Waals surface area contributed by atoms with Crippen molar-refractivity contribution in [2.75, 3.05) is 18.5 Å². The second-order valence-corrected chi connectivity index (χ2v) is 3.28. The predicted molar refractivity (Wildman–Crippen MR) is 63.0 cm³/mol. The summed E-state index contributed by atoms with van der Waals surface area (Å²) < 4.78 is 10.2. The molecular weight excluding hydrogens is 206 g/mol. The Morgan fingerprint density at radius 3 is 2.69 bits per heavy atom. The van der Waals surface area contributed by atoms with Crippen molar-refractivity contribution in [1.29, 1.82) is 0 Å². The molecule has 0 bridgehead atoms. The lowest BCUT2D eigenvalue weighted by molar-refractivity contribution is 0.167. The van der Waals surface area contributed by atoms with E-state index in [0.29, 0.717) is 24.7 Å². The molecule has 16 heavy (non-hydrogen) atoms. The predicted octanol–water partition coefficient (Wildman–Crippen LogP) is 2.96. The lowest BCUT2D eigenvalue weighted by atomic mass is 10.2. The first-order chi connectivity index (χ1) is 7.67. The van der Waals surface area contributed by atoms with Crippen molar-refractivity contribution >= 4 is 11.8 Å². The first-order valence-corrected chi connectivity index (χ1v) is 5.34. The fourth-order valence-corrected chi connectivity index (χ4v) is 1.28. The van der Waals surface area contributed by atoms with Crippen LogP contribution < -0.4 is 10.1 Å². The molecule has 0 spiro atoms. The monoisotopic (exact) mass is 223 g/mol. The van der Waals surface area contributed by atoms with Gasteiger partial charge in [0.15, 0.2) is 0 Å². The maximum atomic E-state index is 11.3. The van der Waals surface area contributed by atoms with E-state index in [1.165, 1.54) is 0 Å². The van der Waals surface area contributed by atoms with Crippen LogP contribution >= 0.6 is 0 Å². The SMILES string of the molecule is CCOC(=O)Nc1ccc(C)cc1OCC. The van der Waals surface area contributed by atoms with Crippen molar-refractivity contribution in [2.24, 2.45) is 0 Å². The Kier molecular flexibility index (Phi) is 4.64. The van der Waals surface area contributed by atoms with Gasteiger partial charge in [0, 0.05) is 0 Å². The minimum absolute atomic E-state index is 0.349. The molecule has 1 aromatic carbocycles. The fourth-order valence-electron chi connectivity index (χ4n) is 1.28. The van der Waals surface area contributed by atoms with Crippen LogP contribution in [0.4, 0.5) is 10.5 Å². The molecule has 0 aliphatic carbocycles. The number of ether oxygens (including phenoxy) is 2. The molecular formula is C12H17NO3. The highest BCUT2D eigenvalue weighted by molar-refractivity contribution is 5.86. The number of amides is 1. The van der Waals surface area contributed by atoms with Gasteiger partial charge in [-0.05, 0) is 38.5 Å². The maximum absolute atomic E-state index is 11.3. The molecule has 0 heterocycles. The van der Waals surface area contributed by atoms with E-state index in [1.54, 1.807) is 13.0 Å². The van der Waals surface area contributed by atoms with Gasteiger partial charge in [0.2, 0.25) is 0 Å². The Hall–Kier alpha value is -1.71. The quantitative estimate of drug-likeness (QED) is 0.853. The number of benzene rings is 1. The molecule has 0 unspecified atom stereocenters. The smallest absolute Gasteiger partial charge is 0.411 e. The first kappa shape index (κ1) is 12.4. The Morgan fingerprint density at radius 1 is 1.31 bits per heavy atom. The van der Waals surface area contributed by atoms with E-state index >= 15 is 0 Å². The summed E-state index contributed by atoms with van der Waals surface area (Å²) in [5.74, 6) is 0.663. The van der Waals surface area contributed by atoms with Crippen molar-refractivity contribution in [3.63, 3.8) is 0 Å². The molecule has 1 aromatic rings. The van der Waals surface area contributed by atoms with Crippen LogP contribution in [0.25, 0.3) is 0 Å². The Balaban J connectivity index is 2.81. The van der Waals surface area contributed by atoms with Gasteiger partial charge in [0.1, 0.15) is 5.75 Å². The normalized spacial score (nSPS) is 9.69. The molecule has 0 aliphatic rings. The average Bonchev–Trinajstić information content (AvgIpc) is 2.23. The molecule has 4 nitrogen and oxygen atoms in total. The van der Waals surface area contributed by atoms with Crippen LogP contribution in [0.1, 0.15) is 19.4 Å². The lowest BCUT2D eigenvalue weighted by Crippen LogP contribution is -2.14. The highest BCUT2D eigenvalue weighted by Gasteiger charge is 2.07. The summed E-state index contributed by atoms with van der Waals surface area (Å²) in [5, 5.41) is 2.64. The topological polar surface area (TPSA) is 47.6 Å². The third kappa shape index (κ3) is 3.46. The second kappa shape index (κ2) is 6.00. The van der Waals surface area contributed by atoms with Crippen LogP contribution in [-0.4, -0.2) is 19.3 Å². The molecule has 0 radical (unpaired) electrons. The van der Waals surface area contributed by atoms with Gasteiger partial charge >= 0.3 is 6.09 Å². The Morgan fingerprint density at radius 2 is 2.06 bits per heavy atom. The molecule has 0 saturated heterocycles. The van der Waals surface area contributed by atoms with Gasteiger partial charge in [-0.3, -0.25) is 5.32 Å². The fraction of sp³-hybridized carbons (Fsp3) is 0.417. The van der Waals surface area contributed by atoms with Crippen LogP contribution in [0.15, 0.2) is 18.2 Å². The minimum Gasteiger partial charge on any atom is -0.492 e. The summed E-state index contributed by atoms with van der Waals surface area (Å²) in [6.45, 7) is 6.54. The maximum Gasteiger partial charge on any atom is 0.411 e. The van der Waals surface area contributed by atoms with E-state index in [-0.39, 0.29) is 0 Å². The van der Waals surface area contributed by atoms with E-state index in [1.807, 2.05) is 26.0 Å². The molecule has 0 aromatic heterocycles. The van der Waals surface area contributed by atoms with Gasteiger partial charge in [-0.15, -0.1) is 0 Å². The molecule has 4 heteroatoms. The average molecular weight is 223 g/mol. The standard InChI is InChI=1S/C12H17NO3/c1-4-15-11-8-9(3)6-7-10(11)13-12(14)16-5-2/h6-8H,4-5H2,1-3H3,(H,13,14). The van der Waals surface area contributed by atoms with Crippen LogP contribution in [0.3, 0.4) is 0 Å². The summed E-state index contributed by atoms with van der Waals surface area (Å²) in [5.41, 5.74) is 1.71. The van der Waals surface area contributed by atoms with Gasteiger partial charge in [-0.2, -0.15) is 0 Å². The summed E-state index contributed by atoms with van der Waals surface area (Å²) in [7, 11) is 0. The zero-order valence-corrected chi connectivity index (χ0v) is 9.87. The largest absolute Gasteiger partial charge is 0.492 e. The summed E-state index contributed by atoms with van der Waals surface area (Å²) in [6, 6.07) is 5.59. The van der Waals surface area contributed by atoms with Crippen molar-refractivity contribution in [1.82, 2.24) is 0 Å². The van der Waals surface area contributed by atoms with E-state index in [0.717, 1.165) is 5.56 Å². The molecule has 1 N–H and O–H groups in total. The third-order valence-corrected chi connectivity index (χ3v) is 1.95. The van der Waals surface area contributed by atoms with Crippen molar-refractivity contribution in [3.05, 3.63) is 23.8 Å². The summed E-state index contributed by atoms with van der Waals surface area (Å²) >= 11 is 0. The third-order valence-electron chi connectivity index (χ3n) is 1.95. The highest BCUT2D eigenvalue weighted by atomic mass is 16.5. The molecule has 0 atom stereocenters. The molecule has 0 aliphatic heterocycles. The summed E-state index contributed by atoms with van der Waals surface area (Å²) in [6.07, 6.45) is -0.465. The Bertz CT molecular complexity index is 363. The van der Waals surface area contributed by atoms with Crippen molar-refractivity contribution < 1.29 is 14.3 Å². The van der Waals surface area contributed by atoms with E-state index in [2.05, 4.69) is 5.32 Å². The minimum atomic E-state index is -0.465. The van der Waals surface area contributed by atoms with Gasteiger partial charge in [-0.25, -0.2) is 4.79 Å². The molecule has 0 saturated carbocycles. The number of hydrogen-bond donors (Lipinski definition) is 1. The van der Waals surface area contributed by atoms with Gasteiger partial charge in [0.25, 0.3) is 0 Å². The number of anilines is 1. The van der Waals surface area contributed by atoms with Crippen LogP contribution in [-0.2, 0) is 4.74 Å². The number of carbonyl (C=O) groups is 1. The van der Waals surface area contributed by atoms with Crippen molar-refractivity contribution in [2.45, 2.75) is 20.8 Å².